The molecule has 1 nitrogen and oxygen atoms in total. The Morgan fingerprint density at radius 1 is 0.696 bits per heavy atom. The van der Waals surface area contributed by atoms with Gasteiger partial charge in [0.2, 0.25) is 0 Å². The fourth-order valence-electron chi connectivity index (χ4n) is 2.39. The summed E-state index contributed by atoms with van der Waals surface area (Å²) < 4.78 is 26.7. The number of benzene rings is 3. The first-order chi connectivity index (χ1) is 11.2. The highest BCUT2D eigenvalue weighted by Crippen LogP contribution is 2.45. The summed E-state index contributed by atoms with van der Waals surface area (Å²) in [5.41, 5.74) is 0.818. The van der Waals surface area contributed by atoms with Gasteiger partial charge in [-0.1, -0.05) is 78.9 Å². The molecular weight excluding hydrogens is 306 g/mol. The molecule has 0 fully saturated rings. The predicted molar refractivity (Wildman–Crippen MR) is 95.2 cm³/mol. The molecule has 0 N–H and O–H groups in total. The van der Waals surface area contributed by atoms with E-state index in [2.05, 4.69) is 0 Å². The Bertz CT molecular complexity index is 796. The first-order valence-corrected chi connectivity index (χ1v) is 9.12. The molecule has 0 radical (unpaired) electrons. The molecule has 0 bridgehead atoms. The average molecular weight is 322 g/mol. The Morgan fingerprint density at radius 2 is 1.17 bits per heavy atom. The smallest absolute Gasteiger partial charge is 0.164 e. The molecule has 3 aromatic rings. The van der Waals surface area contributed by atoms with E-state index in [0.717, 1.165) is 16.2 Å². The normalized spacial score (nSPS) is 11.7. The lowest BCUT2D eigenvalue weighted by Gasteiger charge is -2.15. The fourth-order valence-corrected chi connectivity index (χ4v) is 4.64. The van der Waals surface area contributed by atoms with E-state index < -0.39 is 7.14 Å². The summed E-state index contributed by atoms with van der Waals surface area (Å²) in [6.45, 7) is 0. The van der Waals surface area contributed by atoms with Gasteiger partial charge in [-0.2, -0.15) is 0 Å². The van der Waals surface area contributed by atoms with Crippen molar-refractivity contribution in [3.05, 3.63) is 102 Å². The summed E-state index contributed by atoms with van der Waals surface area (Å²) in [6, 6.07) is 25.0. The molecule has 0 spiro atoms. The van der Waals surface area contributed by atoms with Gasteiger partial charge < -0.3 is 4.57 Å². The van der Waals surface area contributed by atoms with Crippen molar-refractivity contribution in [1.82, 2.24) is 0 Å². The Kier molecular flexibility index (Phi) is 4.55. The van der Waals surface area contributed by atoms with Crippen molar-refractivity contribution in [2.75, 3.05) is 0 Å². The third-order valence-electron chi connectivity index (χ3n) is 3.63. The first kappa shape index (κ1) is 15.5. The molecule has 0 amide bonds. The van der Waals surface area contributed by atoms with Crippen LogP contribution in [0, 0.1) is 5.82 Å². The molecule has 3 rings (SSSR count). The van der Waals surface area contributed by atoms with Crippen LogP contribution in [-0.4, -0.2) is 0 Å². The largest absolute Gasteiger partial charge is 0.309 e. The van der Waals surface area contributed by atoms with Crippen molar-refractivity contribution in [1.29, 1.82) is 0 Å². The topological polar surface area (TPSA) is 17.1 Å². The van der Waals surface area contributed by atoms with Gasteiger partial charge in [0.05, 0.1) is 0 Å². The van der Waals surface area contributed by atoms with Crippen molar-refractivity contribution < 1.29 is 8.96 Å². The standard InChI is InChI=1S/C20H16FOP/c21-18-13-11-17(12-14-18)15-16-23(22,19-7-3-1-4-8-19)20-9-5-2-6-10-20/h1-16H. The lowest BCUT2D eigenvalue weighted by Crippen LogP contribution is -2.13. The molecule has 0 saturated heterocycles. The van der Waals surface area contributed by atoms with E-state index in [1.54, 1.807) is 24.0 Å². The van der Waals surface area contributed by atoms with Crippen LogP contribution < -0.4 is 10.6 Å². The van der Waals surface area contributed by atoms with E-state index in [-0.39, 0.29) is 5.82 Å². The molecule has 23 heavy (non-hydrogen) atoms. The maximum atomic E-state index is 13.7. The molecule has 0 unspecified atom stereocenters. The monoisotopic (exact) mass is 322 g/mol. The van der Waals surface area contributed by atoms with Gasteiger partial charge in [-0.3, -0.25) is 0 Å². The summed E-state index contributed by atoms with van der Waals surface area (Å²) >= 11 is 0. The number of hydrogen-bond acceptors (Lipinski definition) is 1. The molecule has 0 aromatic heterocycles. The minimum absolute atomic E-state index is 0.281. The molecule has 0 heterocycles. The van der Waals surface area contributed by atoms with Crippen molar-refractivity contribution in [3.8, 4) is 0 Å². The van der Waals surface area contributed by atoms with Crippen molar-refractivity contribution in [3.63, 3.8) is 0 Å². The van der Waals surface area contributed by atoms with Crippen LogP contribution in [0.5, 0.6) is 0 Å². The van der Waals surface area contributed by atoms with E-state index in [4.69, 9.17) is 0 Å². The van der Waals surface area contributed by atoms with Crippen LogP contribution in [0.3, 0.4) is 0 Å². The Balaban J connectivity index is 2.06. The summed E-state index contributed by atoms with van der Waals surface area (Å²) in [5, 5.41) is 1.56. The molecule has 0 aliphatic heterocycles. The molecule has 3 heteroatoms. The molecule has 0 atom stereocenters. The minimum Gasteiger partial charge on any atom is -0.309 e. The average Bonchev–Trinajstić information content (AvgIpc) is 2.62. The van der Waals surface area contributed by atoms with E-state index in [1.807, 2.05) is 60.7 Å². The second kappa shape index (κ2) is 6.76. The molecule has 0 saturated carbocycles. The second-order valence-corrected chi connectivity index (χ2v) is 7.84. The Hall–Kier alpha value is -2.44. The minimum atomic E-state index is -2.88. The zero-order valence-corrected chi connectivity index (χ0v) is 13.4. The molecular formula is C20H16FOP. The van der Waals surface area contributed by atoms with Crippen LogP contribution in [0.2, 0.25) is 0 Å². The third kappa shape index (κ3) is 3.49. The van der Waals surface area contributed by atoms with Crippen molar-refractivity contribution >= 4 is 23.8 Å². The zero-order valence-electron chi connectivity index (χ0n) is 12.5. The molecule has 0 aliphatic rings. The van der Waals surface area contributed by atoms with E-state index >= 15 is 0 Å². The second-order valence-electron chi connectivity index (χ2n) is 5.20. The number of rotatable bonds is 4. The van der Waals surface area contributed by atoms with Gasteiger partial charge in [0.25, 0.3) is 0 Å². The maximum absolute atomic E-state index is 13.7. The number of hydrogen-bond donors (Lipinski definition) is 0. The van der Waals surface area contributed by atoms with Crippen LogP contribution in [-0.2, 0) is 4.57 Å². The van der Waals surface area contributed by atoms with Crippen LogP contribution in [0.25, 0.3) is 6.08 Å². The highest BCUT2D eigenvalue weighted by Gasteiger charge is 2.23. The van der Waals surface area contributed by atoms with Crippen LogP contribution in [0.4, 0.5) is 4.39 Å². The predicted octanol–water partition coefficient (Wildman–Crippen LogP) is 4.81. The third-order valence-corrected chi connectivity index (χ3v) is 6.33. The molecule has 3 aromatic carbocycles. The highest BCUT2D eigenvalue weighted by atomic mass is 31.2. The first-order valence-electron chi connectivity index (χ1n) is 7.34. The lowest BCUT2D eigenvalue weighted by atomic mass is 10.2. The number of halogens is 1. The molecule has 114 valence electrons. The SMILES string of the molecule is O=P(C=Cc1ccc(F)cc1)(c1ccccc1)c1ccccc1. The van der Waals surface area contributed by atoms with Gasteiger partial charge in [0.15, 0.2) is 7.14 Å². The van der Waals surface area contributed by atoms with Gasteiger partial charge in [-0.15, -0.1) is 0 Å². The lowest BCUT2D eigenvalue weighted by molar-refractivity contribution is 0.592. The van der Waals surface area contributed by atoms with Crippen molar-refractivity contribution in [2.24, 2.45) is 0 Å². The van der Waals surface area contributed by atoms with Crippen LogP contribution in [0.1, 0.15) is 5.56 Å². The van der Waals surface area contributed by atoms with Gasteiger partial charge in [0.1, 0.15) is 5.82 Å². The highest BCUT2D eigenvalue weighted by molar-refractivity contribution is 7.81. The summed E-state index contributed by atoms with van der Waals surface area (Å²) in [7, 11) is -2.88. The van der Waals surface area contributed by atoms with Gasteiger partial charge in [0, 0.05) is 10.6 Å². The quantitative estimate of drug-likeness (QED) is 0.630. The van der Waals surface area contributed by atoms with E-state index in [9.17, 15) is 8.96 Å². The van der Waals surface area contributed by atoms with Crippen molar-refractivity contribution in [2.45, 2.75) is 0 Å². The van der Waals surface area contributed by atoms with E-state index in [0.29, 0.717) is 0 Å². The van der Waals surface area contributed by atoms with Crippen LogP contribution in [0.15, 0.2) is 90.7 Å². The van der Waals surface area contributed by atoms with Crippen LogP contribution >= 0.6 is 7.14 Å². The Morgan fingerprint density at radius 3 is 1.65 bits per heavy atom. The zero-order chi connectivity index (χ0) is 16.1. The fraction of sp³-hybridized carbons (Fsp3) is 0. The summed E-state index contributed by atoms with van der Waals surface area (Å²) in [4.78, 5) is 0. The van der Waals surface area contributed by atoms with Gasteiger partial charge in [-0.05, 0) is 23.5 Å². The van der Waals surface area contributed by atoms with Gasteiger partial charge in [-0.25, -0.2) is 4.39 Å². The summed E-state index contributed by atoms with van der Waals surface area (Å²) in [5.74, 6) is 1.46. The summed E-state index contributed by atoms with van der Waals surface area (Å²) in [6.07, 6.45) is 1.79. The Labute approximate surface area is 135 Å². The molecule has 0 aliphatic carbocycles. The maximum Gasteiger partial charge on any atom is 0.164 e. The van der Waals surface area contributed by atoms with E-state index in [1.165, 1.54) is 12.1 Å². The van der Waals surface area contributed by atoms with Gasteiger partial charge >= 0.3 is 0 Å².